The maximum atomic E-state index is 7.14. The lowest BCUT2D eigenvalue weighted by Crippen LogP contribution is -2.00. The lowest BCUT2D eigenvalue weighted by molar-refractivity contribution is 0.668. The molecule has 0 saturated heterocycles. The number of rotatable bonds is 5. The van der Waals surface area contributed by atoms with E-state index in [-0.39, 0.29) is 0 Å². The Morgan fingerprint density at radius 3 is 1.40 bits per heavy atom. The molecule has 12 rings (SSSR count). The van der Waals surface area contributed by atoms with Gasteiger partial charge in [0.25, 0.3) is 0 Å². The normalized spacial score (nSPS) is 11.9. The van der Waals surface area contributed by atoms with Gasteiger partial charge < -0.3 is 13.3 Å². The molecule has 6 heteroatoms. The van der Waals surface area contributed by atoms with Crippen LogP contribution in [0.3, 0.4) is 0 Å². The molecule has 0 spiro atoms. The highest BCUT2D eigenvalue weighted by Crippen LogP contribution is 2.47. The number of hydrogen-bond donors (Lipinski definition) is 0. The maximum Gasteiger partial charge on any atom is 0.167 e. The van der Waals surface area contributed by atoms with Gasteiger partial charge in [0.2, 0.25) is 0 Å². The Kier molecular flexibility index (Phi) is 6.83. The molecule has 0 aliphatic heterocycles. The molecule has 0 fully saturated rings. The Morgan fingerprint density at radius 1 is 0.281 bits per heavy atom. The summed E-state index contributed by atoms with van der Waals surface area (Å²) < 4.78 is 19.9. The first kappa shape index (κ1) is 31.5. The van der Waals surface area contributed by atoms with Crippen LogP contribution in [0.4, 0.5) is 0 Å². The van der Waals surface area contributed by atoms with Gasteiger partial charge in [0.15, 0.2) is 17.5 Å². The highest BCUT2D eigenvalue weighted by Gasteiger charge is 2.23. The predicted octanol–water partition coefficient (Wildman–Crippen LogP) is 13.9. The molecule has 8 aromatic carbocycles. The highest BCUT2D eigenvalue weighted by molar-refractivity contribution is 6.20. The second kappa shape index (κ2) is 12.3. The number of nitrogens with zero attached hydrogens (tertiary/aromatic N) is 3. The molecule has 0 unspecified atom stereocenters. The number of para-hydroxylation sites is 3. The van der Waals surface area contributed by atoms with E-state index in [0.717, 1.165) is 99.2 Å². The Bertz CT molecular complexity index is 3470. The molecule has 0 amide bonds. The minimum Gasteiger partial charge on any atom is -0.456 e. The van der Waals surface area contributed by atoms with Gasteiger partial charge in [-0.3, -0.25) is 0 Å². The van der Waals surface area contributed by atoms with Crippen molar-refractivity contribution in [1.82, 2.24) is 15.0 Å². The van der Waals surface area contributed by atoms with Gasteiger partial charge in [-0.25, -0.2) is 15.0 Å². The first-order chi connectivity index (χ1) is 28.2. The van der Waals surface area contributed by atoms with Crippen LogP contribution < -0.4 is 0 Å². The third-order valence-corrected chi connectivity index (χ3v) is 10.9. The molecule has 4 aromatic heterocycles. The van der Waals surface area contributed by atoms with E-state index in [9.17, 15) is 0 Å². The van der Waals surface area contributed by atoms with Crippen molar-refractivity contribution in [3.05, 3.63) is 176 Å². The van der Waals surface area contributed by atoms with Crippen LogP contribution in [0.5, 0.6) is 0 Å². The van der Waals surface area contributed by atoms with Gasteiger partial charge in [0.1, 0.15) is 33.5 Å². The molecular formula is C51H29N3O3. The number of benzene rings is 8. The smallest absolute Gasteiger partial charge is 0.167 e. The van der Waals surface area contributed by atoms with E-state index in [1.807, 2.05) is 103 Å². The van der Waals surface area contributed by atoms with Crippen molar-refractivity contribution in [1.29, 1.82) is 0 Å². The summed E-state index contributed by atoms with van der Waals surface area (Å²) in [6, 6.07) is 59.7. The third kappa shape index (κ3) is 4.94. The van der Waals surface area contributed by atoms with Crippen LogP contribution in [0.2, 0.25) is 0 Å². The first-order valence-corrected chi connectivity index (χ1v) is 18.9. The summed E-state index contributed by atoms with van der Waals surface area (Å²) in [4.78, 5) is 15.1. The maximum absolute atomic E-state index is 7.14. The number of hydrogen-bond acceptors (Lipinski definition) is 6. The van der Waals surface area contributed by atoms with E-state index in [2.05, 4.69) is 72.8 Å². The van der Waals surface area contributed by atoms with Crippen molar-refractivity contribution < 1.29 is 13.3 Å². The Balaban J connectivity index is 1.17. The molecule has 0 aliphatic carbocycles. The molecule has 0 bridgehead atoms. The zero-order chi connectivity index (χ0) is 37.5. The van der Waals surface area contributed by atoms with E-state index in [4.69, 9.17) is 28.2 Å². The first-order valence-electron chi connectivity index (χ1n) is 18.9. The van der Waals surface area contributed by atoms with Gasteiger partial charge in [-0.15, -0.1) is 0 Å². The predicted molar refractivity (Wildman–Crippen MR) is 229 cm³/mol. The van der Waals surface area contributed by atoms with Crippen molar-refractivity contribution in [2.75, 3.05) is 0 Å². The molecule has 266 valence electrons. The summed E-state index contributed by atoms with van der Waals surface area (Å²) in [6.45, 7) is 0. The van der Waals surface area contributed by atoms with Crippen LogP contribution in [-0.2, 0) is 0 Å². The molecular weight excluding hydrogens is 703 g/mol. The van der Waals surface area contributed by atoms with E-state index < -0.39 is 0 Å². The molecule has 12 aromatic rings. The lowest BCUT2D eigenvalue weighted by Gasteiger charge is -2.10. The van der Waals surface area contributed by atoms with Crippen LogP contribution in [0.15, 0.2) is 189 Å². The fourth-order valence-electron chi connectivity index (χ4n) is 8.37. The van der Waals surface area contributed by atoms with E-state index in [0.29, 0.717) is 23.1 Å². The quantitative estimate of drug-likeness (QED) is 0.175. The van der Waals surface area contributed by atoms with Gasteiger partial charge in [-0.2, -0.15) is 0 Å². The van der Waals surface area contributed by atoms with Gasteiger partial charge in [0, 0.05) is 49.0 Å². The largest absolute Gasteiger partial charge is 0.456 e. The summed E-state index contributed by atoms with van der Waals surface area (Å²) in [5, 5.41) is 6.18. The molecule has 4 heterocycles. The van der Waals surface area contributed by atoms with Crippen molar-refractivity contribution in [3.63, 3.8) is 0 Å². The number of furan rings is 3. The minimum absolute atomic E-state index is 0.534. The number of aromatic nitrogens is 3. The third-order valence-electron chi connectivity index (χ3n) is 10.9. The summed E-state index contributed by atoms with van der Waals surface area (Å²) >= 11 is 0. The van der Waals surface area contributed by atoms with Gasteiger partial charge in [-0.05, 0) is 59.2 Å². The topological polar surface area (TPSA) is 78.1 Å². The molecule has 0 saturated carbocycles. The Morgan fingerprint density at radius 2 is 0.754 bits per heavy atom. The van der Waals surface area contributed by atoms with Crippen LogP contribution in [-0.4, -0.2) is 15.0 Å². The molecule has 6 nitrogen and oxygen atoms in total. The van der Waals surface area contributed by atoms with Crippen molar-refractivity contribution in [2.45, 2.75) is 0 Å². The molecule has 0 atom stereocenters. The van der Waals surface area contributed by atoms with Crippen molar-refractivity contribution >= 4 is 65.8 Å². The highest BCUT2D eigenvalue weighted by atomic mass is 16.3. The Labute approximate surface area is 325 Å². The fraction of sp³-hybridized carbons (Fsp3) is 0. The fourth-order valence-corrected chi connectivity index (χ4v) is 8.37. The number of fused-ring (bicyclic) bond motifs is 9. The van der Waals surface area contributed by atoms with Gasteiger partial charge in [-0.1, -0.05) is 133 Å². The lowest BCUT2D eigenvalue weighted by atomic mass is 9.92. The van der Waals surface area contributed by atoms with E-state index >= 15 is 0 Å². The molecule has 57 heavy (non-hydrogen) atoms. The van der Waals surface area contributed by atoms with Crippen LogP contribution in [0.1, 0.15) is 0 Å². The van der Waals surface area contributed by atoms with Gasteiger partial charge >= 0.3 is 0 Å². The minimum atomic E-state index is 0.534. The van der Waals surface area contributed by atoms with Crippen LogP contribution >= 0.6 is 0 Å². The second-order valence-electron chi connectivity index (χ2n) is 14.3. The molecule has 0 aliphatic rings. The Hall–Kier alpha value is -7.83. The monoisotopic (exact) mass is 731 g/mol. The second-order valence-corrected chi connectivity index (χ2v) is 14.3. The summed E-state index contributed by atoms with van der Waals surface area (Å²) in [5.74, 6) is 1.72. The van der Waals surface area contributed by atoms with Crippen molar-refractivity contribution in [2.24, 2.45) is 0 Å². The average molecular weight is 732 g/mol. The van der Waals surface area contributed by atoms with Gasteiger partial charge in [0.05, 0.1) is 5.56 Å². The molecule has 0 N–H and O–H groups in total. The zero-order valence-corrected chi connectivity index (χ0v) is 30.3. The van der Waals surface area contributed by atoms with Crippen LogP contribution in [0, 0.1) is 0 Å². The van der Waals surface area contributed by atoms with Crippen LogP contribution in [0.25, 0.3) is 122 Å². The average Bonchev–Trinajstić information content (AvgIpc) is 3.98. The van der Waals surface area contributed by atoms with E-state index in [1.165, 1.54) is 0 Å². The summed E-state index contributed by atoms with van der Waals surface area (Å²) in [7, 11) is 0. The zero-order valence-electron chi connectivity index (χ0n) is 30.3. The standard InChI is InChI=1S/C51H29N3O3/c1-3-14-30(15-4-1)49-52-50(31-16-5-2-6-17-31)54-51(53-49)38-23-11-22-35-40-29-32(33-20-12-26-43-45(33)36-18-7-9-24-41(36)55-43)28-39(48(40)57-47(35)38)34-21-13-27-44-46(34)37-19-8-10-25-42(37)56-44/h1-29H. The van der Waals surface area contributed by atoms with E-state index in [1.54, 1.807) is 0 Å². The summed E-state index contributed by atoms with van der Waals surface area (Å²) in [6.07, 6.45) is 0. The molecule has 0 radical (unpaired) electrons. The SMILES string of the molecule is c1ccc(-c2nc(-c3ccccc3)nc(-c3cccc4c3oc3c(-c5cccc6oc7ccccc7c56)cc(-c5cccc6oc7ccccc7c56)cc34)n2)cc1. The summed E-state index contributed by atoms with van der Waals surface area (Å²) in [5.41, 5.74) is 11.5. The van der Waals surface area contributed by atoms with Crippen molar-refractivity contribution in [3.8, 4) is 56.4 Å².